The van der Waals surface area contributed by atoms with Crippen molar-refractivity contribution in [2.24, 2.45) is 0 Å². The lowest BCUT2D eigenvalue weighted by molar-refractivity contribution is -0.132. The van der Waals surface area contributed by atoms with Gasteiger partial charge in [-0.05, 0) is 41.8 Å². The van der Waals surface area contributed by atoms with Crippen molar-refractivity contribution < 1.29 is 4.79 Å². The second kappa shape index (κ2) is 6.64. The van der Waals surface area contributed by atoms with E-state index in [1.165, 1.54) is 4.70 Å². The fourth-order valence-electron chi connectivity index (χ4n) is 3.17. The molecule has 0 N–H and O–H groups in total. The second-order valence-electron chi connectivity index (χ2n) is 5.94. The Morgan fingerprint density at radius 2 is 2.25 bits per heavy atom. The molecule has 1 aliphatic rings. The SMILES string of the molecule is O=C(CCCn1cnnn1)N1CCC[C@H]1c1nc2ccccc2s1. The van der Waals surface area contributed by atoms with E-state index in [-0.39, 0.29) is 11.9 Å². The van der Waals surface area contributed by atoms with Crippen molar-refractivity contribution in [3.8, 4) is 0 Å². The van der Waals surface area contributed by atoms with Gasteiger partial charge in [-0.3, -0.25) is 4.79 Å². The van der Waals surface area contributed by atoms with Gasteiger partial charge in [-0.1, -0.05) is 12.1 Å². The van der Waals surface area contributed by atoms with Crippen LogP contribution >= 0.6 is 11.3 Å². The Hall–Kier alpha value is -2.35. The van der Waals surface area contributed by atoms with Gasteiger partial charge < -0.3 is 4.90 Å². The van der Waals surface area contributed by atoms with Crippen molar-refractivity contribution >= 4 is 27.5 Å². The van der Waals surface area contributed by atoms with Gasteiger partial charge in [0.2, 0.25) is 5.91 Å². The Morgan fingerprint density at radius 3 is 3.08 bits per heavy atom. The zero-order valence-corrected chi connectivity index (χ0v) is 14.0. The van der Waals surface area contributed by atoms with Gasteiger partial charge in [-0.15, -0.1) is 16.4 Å². The minimum atomic E-state index is 0.128. The van der Waals surface area contributed by atoms with E-state index in [4.69, 9.17) is 4.98 Å². The molecule has 24 heavy (non-hydrogen) atoms. The van der Waals surface area contributed by atoms with Gasteiger partial charge in [0.25, 0.3) is 0 Å². The van der Waals surface area contributed by atoms with E-state index in [0.717, 1.165) is 36.3 Å². The second-order valence-corrected chi connectivity index (χ2v) is 7.00. The molecule has 1 atom stereocenters. The molecule has 1 fully saturated rings. The van der Waals surface area contributed by atoms with Crippen molar-refractivity contribution in [3.63, 3.8) is 0 Å². The van der Waals surface area contributed by atoms with E-state index in [2.05, 4.69) is 21.6 Å². The molecular formula is C16H18N6OS. The molecule has 8 heteroatoms. The quantitative estimate of drug-likeness (QED) is 0.712. The molecule has 7 nitrogen and oxygen atoms in total. The van der Waals surface area contributed by atoms with E-state index in [1.54, 1.807) is 22.3 Å². The van der Waals surface area contributed by atoms with Gasteiger partial charge in [0.05, 0.1) is 16.3 Å². The van der Waals surface area contributed by atoms with Crippen LogP contribution in [0, 0.1) is 0 Å². The summed E-state index contributed by atoms with van der Waals surface area (Å²) in [4.78, 5) is 19.4. The van der Waals surface area contributed by atoms with Crippen LogP contribution in [0.1, 0.15) is 36.7 Å². The minimum Gasteiger partial charge on any atom is -0.333 e. The third-order valence-corrected chi connectivity index (χ3v) is 5.48. The first-order chi connectivity index (χ1) is 11.8. The van der Waals surface area contributed by atoms with E-state index >= 15 is 0 Å². The lowest BCUT2D eigenvalue weighted by Crippen LogP contribution is -2.30. The molecule has 1 aliphatic heterocycles. The van der Waals surface area contributed by atoms with E-state index in [1.807, 2.05) is 23.1 Å². The maximum Gasteiger partial charge on any atom is 0.223 e. The number of benzene rings is 1. The standard InChI is InChI=1S/C16H18N6OS/c23-15(8-4-9-21-11-17-19-20-21)22-10-3-6-13(22)16-18-12-5-1-2-7-14(12)24-16/h1-2,5,7,11,13H,3-4,6,8-10H2/t13-/m0/s1. The van der Waals surface area contributed by atoms with Crippen LogP contribution in [0.5, 0.6) is 0 Å². The topological polar surface area (TPSA) is 76.8 Å². The molecule has 0 bridgehead atoms. The Bertz CT molecular complexity index is 797. The molecule has 1 saturated heterocycles. The Balaban J connectivity index is 1.42. The van der Waals surface area contributed by atoms with Crippen LogP contribution < -0.4 is 0 Å². The van der Waals surface area contributed by atoms with Crippen LogP contribution in [0.3, 0.4) is 0 Å². The number of likely N-dealkylation sites (tertiary alicyclic amines) is 1. The molecule has 0 aliphatic carbocycles. The van der Waals surface area contributed by atoms with Gasteiger partial charge in [0.15, 0.2) is 0 Å². The highest BCUT2D eigenvalue weighted by atomic mass is 32.1. The molecule has 3 heterocycles. The summed E-state index contributed by atoms with van der Waals surface area (Å²) in [7, 11) is 0. The molecular weight excluding hydrogens is 324 g/mol. The average Bonchev–Trinajstić information content (AvgIpc) is 3.33. The zero-order valence-electron chi connectivity index (χ0n) is 13.2. The number of carbonyl (C=O) groups is 1. The first-order valence-corrected chi connectivity index (χ1v) is 8.98. The summed E-state index contributed by atoms with van der Waals surface area (Å²) in [5.41, 5.74) is 1.02. The highest BCUT2D eigenvalue weighted by Gasteiger charge is 2.31. The number of nitrogens with zero attached hydrogens (tertiary/aromatic N) is 6. The third kappa shape index (κ3) is 3.01. The molecule has 1 amide bonds. The Labute approximate surface area is 143 Å². The van der Waals surface area contributed by atoms with Gasteiger partial charge in [-0.25, -0.2) is 9.67 Å². The predicted octanol–water partition coefficient (Wildman–Crippen LogP) is 2.43. The number of hydrogen-bond acceptors (Lipinski definition) is 6. The molecule has 0 radical (unpaired) electrons. The number of para-hydroxylation sites is 1. The molecule has 124 valence electrons. The number of tetrazole rings is 1. The normalized spacial score (nSPS) is 17.7. The maximum absolute atomic E-state index is 12.6. The molecule has 0 unspecified atom stereocenters. The number of fused-ring (bicyclic) bond motifs is 1. The highest BCUT2D eigenvalue weighted by molar-refractivity contribution is 7.18. The van der Waals surface area contributed by atoms with Crippen LogP contribution in [0.4, 0.5) is 0 Å². The summed E-state index contributed by atoms with van der Waals surface area (Å²) in [5.74, 6) is 0.199. The van der Waals surface area contributed by atoms with Crippen LogP contribution in [-0.2, 0) is 11.3 Å². The minimum absolute atomic E-state index is 0.128. The number of hydrogen-bond donors (Lipinski definition) is 0. The lowest BCUT2D eigenvalue weighted by Gasteiger charge is -2.23. The van der Waals surface area contributed by atoms with E-state index in [9.17, 15) is 4.79 Å². The number of thiazole rings is 1. The maximum atomic E-state index is 12.6. The smallest absolute Gasteiger partial charge is 0.223 e. The summed E-state index contributed by atoms with van der Waals surface area (Å²) in [5, 5.41) is 12.1. The van der Waals surface area contributed by atoms with E-state index < -0.39 is 0 Å². The fourth-order valence-corrected chi connectivity index (χ4v) is 4.29. The van der Waals surface area contributed by atoms with Gasteiger partial charge in [0.1, 0.15) is 11.3 Å². The summed E-state index contributed by atoms with van der Waals surface area (Å²) in [6.45, 7) is 1.49. The van der Waals surface area contributed by atoms with Crippen molar-refractivity contribution in [3.05, 3.63) is 35.6 Å². The fraction of sp³-hybridized carbons (Fsp3) is 0.438. The van der Waals surface area contributed by atoms with Gasteiger partial charge >= 0.3 is 0 Å². The van der Waals surface area contributed by atoms with Gasteiger partial charge in [0, 0.05) is 19.5 Å². The van der Waals surface area contributed by atoms with Crippen LogP contribution in [0.2, 0.25) is 0 Å². The van der Waals surface area contributed by atoms with Crippen molar-refractivity contribution in [2.45, 2.75) is 38.3 Å². The Kier molecular flexibility index (Phi) is 4.20. The lowest BCUT2D eigenvalue weighted by atomic mass is 10.2. The summed E-state index contributed by atoms with van der Waals surface area (Å²) < 4.78 is 2.84. The number of amides is 1. The predicted molar refractivity (Wildman–Crippen MR) is 90.4 cm³/mol. The molecule has 0 spiro atoms. The third-order valence-electron chi connectivity index (χ3n) is 4.34. The number of rotatable bonds is 5. The molecule has 3 aromatic rings. The van der Waals surface area contributed by atoms with Crippen molar-refractivity contribution in [1.82, 2.24) is 30.1 Å². The van der Waals surface area contributed by atoms with E-state index in [0.29, 0.717) is 13.0 Å². The summed E-state index contributed by atoms with van der Waals surface area (Å²) in [6, 6.07) is 8.28. The summed E-state index contributed by atoms with van der Waals surface area (Å²) >= 11 is 1.70. The highest BCUT2D eigenvalue weighted by Crippen LogP contribution is 2.36. The van der Waals surface area contributed by atoms with Crippen molar-refractivity contribution in [1.29, 1.82) is 0 Å². The monoisotopic (exact) mass is 342 g/mol. The number of aromatic nitrogens is 5. The van der Waals surface area contributed by atoms with Crippen LogP contribution in [0.25, 0.3) is 10.2 Å². The molecule has 0 saturated carbocycles. The first-order valence-electron chi connectivity index (χ1n) is 8.17. The summed E-state index contributed by atoms with van der Waals surface area (Å²) in [6.07, 6.45) is 4.87. The van der Waals surface area contributed by atoms with Crippen molar-refractivity contribution in [2.75, 3.05) is 6.54 Å². The van der Waals surface area contributed by atoms with Crippen LogP contribution in [-0.4, -0.2) is 42.5 Å². The number of aryl methyl sites for hydroxylation is 1. The molecule has 4 rings (SSSR count). The van der Waals surface area contributed by atoms with Crippen LogP contribution in [0.15, 0.2) is 30.6 Å². The number of carbonyl (C=O) groups excluding carboxylic acids is 1. The molecule has 2 aromatic heterocycles. The first kappa shape index (κ1) is 15.2. The largest absolute Gasteiger partial charge is 0.333 e. The Morgan fingerprint density at radius 1 is 1.33 bits per heavy atom. The van der Waals surface area contributed by atoms with Gasteiger partial charge in [-0.2, -0.15) is 0 Å². The average molecular weight is 342 g/mol. The zero-order chi connectivity index (χ0) is 16.4. The molecule has 1 aromatic carbocycles.